The fraction of sp³-hybridized carbons (Fsp3) is 0.667. The van der Waals surface area contributed by atoms with Gasteiger partial charge in [-0.15, -0.1) is 0 Å². The first-order valence-corrected chi connectivity index (χ1v) is 2.75. The van der Waals surface area contributed by atoms with Gasteiger partial charge in [-0.2, -0.15) is 0 Å². The molecule has 0 heterocycles. The molecule has 0 saturated carbocycles. The fourth-order valence-electron chi connectivity index (χ4n) is 0.304. The lowest BCUT2D eigenvalue weighted by Gasteiger charge is -2.01. The number of hydrogen-bond donors (Lipinski definition) is 1. The summed E-state index contributed by atoms with van der Waals surface area (Å²) in [6.07, 6.45) is 3.56. The lowest BCUT2D eigenvalue weighted by Crippen LogP contribution is -2.01. The molecule has 2 N–H and O–H groups in total. The Hall–Kier alpha value is -0.500. The van der Waals surface area contributed by atoms with Crippen LogP contribution < -0.4 is 5.73 Å². The third-order valence-electron chi connectivity index (χ3n) is 0.662. The molecule has 0 saturated heterocycles. The monoisotopic (exact) mass is 115 g/mol. The van der Waals surface area contributed by atoms with Gasteiger partial charge in [-0.05, 0) is 26.1 Å². The van der Waals surface area contributed by atoms with Crippen LogP contribution in [0, 0.1) is 0 Å². The molecule has 0 aliphatic rings. The first-order chi connectivity index (χ1) is 3.77. The Balaban J connectivity index is 2.93. The van der Waals surface area contributed by atoms with E-state index in [4.69, 9.17) is 10.5 Å². The van der Waals surface area contributed by atoms with Crippen LogP contribution in [0.15, 0.2) is 12.3 Å². The van der Waals surface area contributed by atoms with Crippen molar-refractivity contribution in [2.45, 2.75) is 20.0 Å². The molecule has 0 atom stereocenters. The Bertz CT molecular complexity index is 68.9. The van der Waals surface area contributed by atoms with Crippen LogP contribution in [0.1, 0.15) is 13.8 Å². The van der Waals surface area contributed by atoms with Gasteiger partial charge in [-0.3, -0.25) is 0 Å². The maximum absolute atomic E-state index is 5.12. The van der Waals surface area contributed by atoms with Gasteiger partial charge in [0.2, 0.25) is 0 Å². The normalized spacial score (nSPS) is 11.4. The van der Waals surface area contributed by atoms with Gasteiger partial charge in [0.1, 0.15) is 0 Å². The van der Waals surface area contributed by atoms with Crippen molar-refractivity contribution in [1.29, 1.82) is 0 Å². The van der Waals surface area contributed by atoms with E-state index in [0.29, 0.717) is 12.7 Å². The Labute approximate surface area is 50.3 Å². The number of nitrogens with two attached hydrogens (primary N) is 1. The van der Waals surface area contributed by atoms with Gasteiger partial charge in [0.15, 0.2) is 0 Å². The van der Waals surface area contributed by atoms with Crippen molar-refractivity contribution >= 4 is 0 Å². The van der Waals surface area contributed by atoms with Crippen LogP contribution in [0.25, 0.3) is 0 Å². The number of rotatable bonds is 3. The minimum atomic E-state index is 0.297. The predicted octanol–water partition coefficient (Wildman–Crippen LogP) is 0.884. The molecule has 0 spiro atoms. The topological polar surface area (TPSA) is 35.2 Å². The lowest BCUT2D eigenvalue weighted by molar-refractivity contribution is 0.102. The van der Waals surface area contributed by atoms with Crippen molar-refractivity contribution in [1.82, 2.24) is 0 Å². The molecule has 0 aromatic rings. The molecule has 0 aliphatic carbocycles. The maximum Gasteiger partial charge on any atom is 0.0667 e. The number of ether oxygens (including phenoxy) is 1. The Morgan fingerprint density at radius 3 is 2.62 bits per heavy atom. The van der Waals surface area contributed by atoms with Crippen LogP contribution in [0.4, 0.5) is 0 Å². The van der Waals surface area contributed by atoms with Crippen molar-refractivity contribution in [2.75, 3.05) is 6.61 Å². The zero-order valence-corrected chi connectivity index (χ0v) is 5.42. The van der Waals surface area contributed by atoms with Gasteiger partial charge >= 0.3 is 0 Å². The molecule has 0 fully saturated rings. The predicted molar refractivity (Wildman–Crippen MR) is 34.4 cm³/mol. The molecule has 0 aromatic carbocycles. The van der Waals surface area contributed by atoms with Crippen molar-refractivity contribution in [3.8, 4) is 0 Å². The van der Waals surface area contributed by atoms with Crippen LogP contribution in [-0.4, -0.2) is 12.7 Å². The van der Waals surface area contributed by atoms with Gasteiger partial charge in [0, 0.05) is 0 Å². The summed E-state index contributed by atoms with van der Waals surface area (Å²) in [5.41, 5.74) is 5.05. The third kappa shape index (κ3) is 5.50. The Morgan fingerprint density at radius 1 is 1.62 bits per heavy atom. The molecular formula is C6H13NO. The Kier molecular flexibility index (Phi) is 4.36. The Morgan fingerprint density at radius 2 is 2.25 bits per heavy atom. The molecule has 0 bridgehead atoms. The van der Waals surface area contributed by atoms with E-state index >= 15 is 0 Å². The highest BCUT2D eigenvalue weighted by atomic mass is 16.5. The summed E-state index contributed by atoms with van der Waals surface area (Å²) in [6, 6.07) is 0. The van der Waals surface area contributed by atoms with E-state index in [2.05, 4.69) is 0 Å². The van der Waals surface area contributed by atoms with Gasteiger partial charge in [0.05, 0.1) is 12.7 Å². The van der Waals surface area contributed by atoms with Crippen molar-refractivity contribution in [3.05, 3.63) is 12.3 Å². The van der Waals surface area contributed by atoms with Gasteiger partial charge in [-0.25, -0.2) is 0 Å². The highest BCUT2D eigenvalue weighted by Gasteiger charge is 1.86. The van der Waals surface area contributed by atoms with E-state index in [0.717, 1.165) is 0 Å². The average Bonchev–Trinajstić information content (AvgIpc) is 1.66. The highest BCUT2D eigenvalue weighted by Crippen LogP contribution is 1.85. The summed E-state index contributed by atoms with van der Waals surface area (Å²) >= 11 is 0. The second kappa shape index (κ2) is 4.65. The smallest absolute Gasteiger partial charge is 0.0667 e. The molecule has 0 amide bonds. The molecule has 0 rings (SSSR count). The largest absolute Gasteiger partial charge is 0.405 e. The van der Waals surface area contributed by atoms with E-state index in [1.807, 2.05) is 13.8 Å². The first kappa shape index (κ1) is 7.50. The molecular weight excluding hydrogens is 102 g/mol. The standard InChI is InChI=1S/C6H13NO/c1-6(2)8-5-3-4-7/h3-4,6H,5,7H2,1-2H3/b4-3-. The summed E-state index contributed by atoms with van der Waals surface area (Å²) < 4.78 is 5.12. The van der Waals surface area contributed by atoms with Crippen molar-refractivity contribution < 1.29 is 4.74 Å². The summed E-state index contributed by atoms with van der Waals surface area (Å²) in [5, 5.41) is 0. The van der Waals surface area contributed by atoms with Gasteiger partial charge < -0.3 is 10.5 Å². The average molecular weight is 115 g/mol. The molecule has 48 valence electrons. The molecule has 0 unspecified atom stereocenters. The SMILES string of the molecule is CC(C)OC/C=C\N. The zero-order chi connectivity index (χ0) is 6.41. The minimum absolute atomic E-state index is 0.297. The third-order valence-corrected chi connectivity index (χ3v) is 0.662. The quantitative estimate of drug-likeness (QED) is 0.592. The molecule has 0 aromatic heterocycles. The first-order valence-electron chi connectivity index (χ1n) is 2.75. The second-order valence-corrected chi connectivity index (χ2v) is 1.81. The van der Waals surface area contributed by atoms with E-state index in [-0.39, 0.29) is 0 Å². The van der Waals surface area contributed by atoms with Crippen LogP contribution in [0.3, 0.4) is 0 Å². The van der Waals surface area contributed by atoms with Crippen LogP contribution in [-0.2, 0) is 4.74 Å². The van der Waals surface area contributed by atoms with Crippen LogP contribution >= 0.6 is 0 Å². The summed E-state index contributed by atoms with van der Waals surface area (Å²) in [6.45, 7) is 4.60. The van der Waals surface area contributed by atoms with Gasteiger partial charge in [0.25, 0.3) is 0 Å². The van der Waals surface area contributed by atoms with Crippen LogP contribution in [0.2, 0.25) is 0 Å². The van der Waals surface area contributed by atoms with Crippen molar-refractivity contribution in [2.24, 2.45) is 5.73 Å². The molecule has 2 heteroatoms. The second-order valence-electron chi connectivity index (χ2n) is 1.81. The molecule has 0 aliphatic heterocycles. The number of hydrogen-bond acceptors (Lipinski definition) is 2. The highest BCUT2D eigenvalue weighted by molar-refractivity contribution is 4.74. The summed E-state index contributed by atoms with van der Waals surface area (Å²) in [5.74, 6) is 0. The molecule has 8 heavy (non-hydrogen) atoms. The van der Waals surface area contributed by atoms with E-state index in [9.17, 15) is 0 Å². The minimum Gasteiger partial charge on any atom is -0.405 e. The van der Waals surface area contributed by atoms with E-state index < -0.39 is 0 Å². The summed E-state index contributed by atoms with van der Waals surface area (Å²) in [7, 11) is 0. The summed E-state index contributed by atoms with van der Waals surface area (Å²) in [4.78, 5) is 0. The van der Waals surface area contributed by atoms with Crippen molar-refractivity contribution in [3.63, 3.8) is 0 Å². The zero-order valence-electron chi connectivity index (χ0n) is 5.42. The molecule has 0 radical (unpaired) electrons. The fourth-order valence-corrected chi connectivity index (χ4v) is 0.304. The van der Waals surface area contributed by atoms with E-state index in [1.54, 1.807) is 6.08 Å². The van der Waals surface area contributed by atoms with Crippen LogP contribution in [0.5, 0.6) is 0 Å². The molecule has 2 nitrogen and oxygen atoms in total. The van der Waals surface area contributed by atoms with Gasteiger partial charge in [-0.1, -0.05) is 0 Å². The maximum atomic E-state index is 5.12. The lowest BCUT2D eigenvalue weighted by atomic mass is 10.5. The van der Waals surface area contributed by atoms with E-state index in [1.165, 1.54) is 6.20 Å².